The first-order valence-electron chi connectivity index (χ1n) is 9.46. The Morgan fingerprint density at radius 3 is 2.41 bits per heavy atom. The zero-order valence-electron chi connectivity index (χ0n) is 15.4. The summed E-state index contributed by atoms with van der Waals surface area (Å²) in [5, 5.41) is 0. The summed E-state index contributed by atoms with van der Waals surface area (Å²) in [6, 6.07) is 3.48. The molecule has 3 heterocycles. The van der Waals surface area contributed by atoms with E-state index in [4.69, 9.17) is 4.74 Å². The van der Waals surface area contributed by atoms with E-state index >= 15 is 0 Å². The van der Waals surface area contributed by atoms with Crippen molar-refractivity contribution in [2.24, 2.45) is 5.92 Å². The lowest BCUT2D eigenvalue weighted by atomic mass is 9.92. The first-order valence-corrected chi connectivity index (χ1v) is 10.9. The van der Waals surface area contributed by atoms with Crippen LogP contribution in [0, 0.1) is 5.92 Å². The molecule has 0 saturated carbocycles. The van der Waals surface area contributed by atoms with Gasteiger partial charge in [0.2, 0.25) is 15.9 Å². The number of benzene rings is 1. The number of carbonyl (C=O) groups is 2. The zero-order valence-corrected chi connectivity index (χ0v) is 16.3. The number of nitrogens with zero attached hydrogens (tertiary/aromatic N) is 2. The minimum atomic E-state index is -3.61. The van der Waals surface area contributed by atoms with E-state index < -0.39 is 10.0 Å². The van der Waals surface area contributed by atoms with Gasteiger partial charge in [0.15, 0.2) is 0 Å². The lowest BCUT2D eigenvalue weighted by Gasteiger charge is -2.36. The van der Waals surface area contributed by atoms with Crippen LogP contribution in [-0.2, 0) is 37.2 Å². The first-order chi connectivity index (χ1) is 12.9. The molecule has 7 nitrogen and oxygen atoms in total. The standard InChI is InChI=1S/C19H24N2O5S/c1-26-19(23)13-6-9-20(10-7-13)27(24,25)16-11-14-3-2-8-21-17(22)5-4-15(12-16)18(14)21/h11-13H,2-10H2,1H3. The molecule has 1 saturated heterocycles. The van der Waals surface area contributed by atoms with Crippen LogP contribution in [0.15, 0.2) is 17.0 Å². The summed E-state index contributed by atoms with van der Waals surface area (Å²) >= 11 is 0. The van der Waals surface area contributed by atoms with Crippen LogP contribution in [0.1, 0.15) is 36.8 Å². The fourth-order valence-electron chi connectivity index (χ4n) is 4.42. The van der Waals surface area contributed by atoms with Gasteiger partial charge in [0, 0.05) is 26.1 Å². The molecule has 4 rings (SSSR count). The van der Waals surface area contributed by atoms with Gasteiger partial charge in [-0.05, 0) is 55.4 Å². The van der Waals surface area contributed by atoms with Crippen molar-refractivity contribution in [3.05, 3.63) is 23.3 Å². The van der Waals surface area contributed by atoms with E-state index in [0.29, 0.717) is 50.2 Å². The summed E-state index contributed by atoms with van der Waals surface area (Å²) in [5.74, 6) is -0.371. The van der Waals surface area contributed by atoms with Crippen molar-refractivity contribution in [1.29, 1.82) is 0 Å². The van der Waals surface area contributed by atoms with E-state index in [2.05, 4.69) is 0 Å². The second kappa shape index (κ2) is 6.91. The lowest BCUT2D eigenvalue weighted by molar-refractivity contribution is -0.146. The minimum absolute atomic E-state index is 0.129. The Bertz CT molecular complexity index is 870. The highest BCUT2D eigenvalue weighted by atomic mass is 32.2. The van der Waals surface area contributed by atoms with Gasteiger partial charge in [-0.1, -0.05) is 0 Å². The van der Waals surface area contributed by atoms with Crippen molar-refractivity contribution >= 4 is 27.6 Å². The highest BCUT2D eigenvalue weighted by Crippen LogP contribution is 2.38. The number of sulfonamides is 1. The van der Waals surface area contributed by atoms with E-state index in [1.807, 2.05) is 4.90 Å². The normalized spacial score (nSPS) is 21.1. The van der Waals surface area contributed by atoms with Crippen LogP contribution in [0.3, 0.4) is 0 Å². The Morgan fingerprint density at radius 1 is 1.07 bits per heavy atom. The largest absolute Gasteiger partial charge is 0.469 e. The average molecular weight is 392 g/mol. The summed E-state index contributed by atoms with van der Waals surface area (Å²) in [5.41, 5.74) is 2.84. The van der Waals surface area contributed by atoms with E-state index in [1.165, 1.54) is 11.4 Å². The highest BCUT2D eigenvalue weighted by molar-refractivity contribution is 7.89. The minimum Gasteiger partial charge on any atom is -0.469 e. The molecular weight excluding hydrogens is 368 g/mol. The zero-order chi connectivity index (χ0) is 19.2. The van der Waals surface area contributed by atoms with Gasteiger partial charge in [-0.2, -0.15) is 4.31 Å². The van der Waals surface area contributed by atoms with Crippen molar-refractivity contribution < 1.29 is 22.7 Å². The Morgan fingerprint density at radius 2 is 1.74 bits per heavy atom. The number of ether oxygens (including phenoxy) is 1. The third-order valence-electron chi connectivity index (χ3n) is 5.87. The molecule has 0 spiro atoms. The number of hydrogen-bond acceptors (Lipinski definition) is 5. The molecule has 1 amide bonds. The molecule has 0 aliphatic carbocycles. The van der Waals surface area contributed by atoms with Crippen LogP contribution >= 0.6 is 0 Å². The maximum Gasteiger partial charge on any atom is 0.308 e. The first kappa shape index (κ1) is 18.4. The predicted octanol–water partition coefficient (Wildman–Crippen LogP) is 1.49. The molecule has 27 heavy (non-hydrogen) atoms. The monoisotopic (exact) mass is 392 g/mol. The topological polar surface area (TPSA) is 84.0 Å². The molecule has 0 atom stereocenters. The molecule has 3 aliphatic rings. The van der Waals surface area contributed by atoms with Gasteiger partial charge in [0.1, 0.15) is 0 Å². The van der Waals surface area contributed by atoms with Crippen molar-refractivity contribution in [1.82, 2.24) is 4.31 Å². The molecule has 8 heteroatoms. The fourth-order valence-corrected chi connectivity index (χ4v) is 5.99. The molecule has 0 bridgehead atoms. The molecule has 0 unspecified atom stereocenters. The number of methoxy groups -OCH3 is 1. The lowest BCUT2D eigenvalue weighted by Crippen LogP contribution is -2.41. The Hall–Kier alpha value is -1.93. The molecular formula is C19H24N2O5S. The predicted molar refractivity (Wildman–Crippen MR) is 98.9 cm³/mol. The average Bonchev–Trinajstić information content (AvgIpc) is 2.70. The van der Waals surface area contributed by atoms with Crippen LogP contribution in [0.25, 0.3) is 0 Å². The number of aryl methyl sites for hydroxylation is 2. The van der Waals surface area contributed by atoms with E-state index in [0.717, 1.165) is 29.7 Å². The van der Waals surface area contributed by atoms with Gasteiger partial charge >= 0.3 is 5.97 Å². The Labute approximate surface area is 159 Å². The summed E-state index contributed by atoms with van der Waals surface area (Å²) in [7, 11) is -2.25. The summed E-state index contributed by atoms with van der Waals surface area (Å²) in [4.78, 5) is 26.0. The quantitative estimate of drug-likeness (QED) is 0.728. The highest BCUT2D eigenvalue weighted by Gasteiger charge is 2.35. The number of hydrogen-bond donors (Lipinski definition) is 0. The summed E-state index contributed by atoms with van der Waals surface area (Å²) in [6.07, 6.45) is 3.62. The second-order valence-corrected chi connectivity index (χ2v) is 9.38. The van der Waals surface area contributed by atoms with Gasteiger partial charge in [0.05, 0.1) is 23.6 Å². The summed E-state index contributed by atoms with van der Waals surface area (Å²) < 4.78 is 32.6. The van der Waals surface area contributed by atoms with Gasteiger partial charge in [-0.3, -0.25) is 9.59 Å². The van der Waals surface area contributed by atoms with Crippen molar-refractivity contribution in [3.63, 3.8) is 0 Å². The van der Waals surface area contributed by atoms with Crippen LogP contribution in [-0.4, -0.2) is 51.3 Å². The SMILES string of the molecule is COC(=O)C1CCN(S(=O)(=O)c2cc3c4c(c2)CCC(=O)N4CCC3)CC1. The van der Waals surface area contributed by atoms with Crippen molar-refractivity contribution in [3.8, 4) is 0 Å². The Kier molecular flexibility index (Phi) is 4.71. The van der Waals surface area contributed by atoms with Gasteiger partial charge in [0.25, 0.3) is 0 Å². The third kappa shape index (κ3) is 3.14. The van der Waals surface area contributed by atoms with E-state index in [-0.39, 0.29) is 17.8 Å². The number of carbonyl (C=O) groups excluding carboxylic acids is 2. The molecule has 0 aromatic heterocycles. The second-order valence-electron chi connectivity index (χ2n) is 7.44. The maximum absolute atomic E-state index is 13.2. The molecule has 0 N–H and O–H groups in total. The Balaban J connectivity index is 1.62. The number of amides is 1. The van der Waals surface area contributed by atoms with Crippen molar-refractivity contribution in [2.75, 3.05) is 31.6 Å². The van der Waals surface area contributed by atoms with Gasteiger partial charge < -0.3 is 9.64 Å². The number of piperidine rings is 1. The molecule has 1 aromatic rings. The van der Waals surface area contributed by atoms with E-state index in [1.54, 1.807) is 12.1 Å². The maximum atomic E-state index is 13.2. The molecule has 3 aliphatic heterocycles. The van der Waals surface area contributed by atoms with Crippen molar-refractivity contribution in [2.45, 2.75) is 43.4 Å². The number of anilines is 1. The molecule has 1 fully saturated rings. The van der Waals surface area contributed by atoms with Crippen LogP contribution < -0.4 is 4.90 Å². The van der Waals surface area contributed by atoms with Crippen LogP contribution in [0.4, 0.5) is 5.69 Å². The molecule has 146 valence electrons. The van der Waals surface area contributed by atoms with Crippen LogP contribution in [0.2, 0.25) is 0 Å². The van der Waals surface area contributed by atoms with E-state index in [9.17, 15) is 18.0 Å². The fraction of sp³-hybridized carbons (Fsp3) is 0.579. The van der Waals surface area contributed by atoms with Gasteiger partial charge in [-0.25, -0.2) is 8.42 Å². The number of rotatable bonds is 3. The summed E-state index contributed by atoms with van der Waals surface area (Å²) in [6.45, 7) is 1.35. The molecule has 0 radical (unpaired) electrons. The third-order valence-corrected chi connectivity index (χ3v) is 7.75. The molecule has 1 aromatic carbocycles. The smallest absolute Gasteiger partial charge is 0.308 e. The van der Waals surface area contributed by atoms with Gasteiger partial charge in [-0.15, -0.1) is 0 Å². The van der Waals surface area contributed by atoms with Crippen LogP contribution in [0.5, 0.6) is 0 Å². The number of esters is 1.